The number of nitrogens with zero attached hydrogens (tertiary/aromatic N) is 2. The largest absolute Gasteiger partial charge is 0.360 e. The molecule has 0 bridgehead atoms. The van der Waals surface area contributed by atoms with Crippen molar-refractivity contribution in [1.29, 1.82) is 0 Å². The zero-order valence-corrected chi connectivity index (χ0v) is 12.4. The Morgan fingerprint density at radius 1 is 1.14 bits per heavy atom. The molecule has 1 aromatic carbocycles. The van der Waals surface area contributed by atoms with Crippen molar-refractivity contribution in [2.45, 2.75) is 6.92 Å². The van der Waals surface area contributed by atoms with Gasteiger partial charge in [0, 0.05) is 38.1 Å². The number of nitrogens with one attached hydrogen (secondary N) is 1. The average molecular weight is 283 g/mol. The fourth-order valence-electron chi connectivity index (χ4n) is 2.75. The Kier molecular flexibility index (Phi) is 4.06. The highest BCUT2D eigenvalue weighted by molar-refractivity contribution is 5.95. The molecule has 3 rings (SSSR count). The SMILES string of the molecule is CCN1CCN(C(=O)c2c[nH]c(-c3ccccc3)c2)CC1. The van der Waals surface area contributed by atoms with E-state index in [9.17, 15) is 4.79 Å². The minimum absolute atomic E-state index is 0.129. The van der Waals surface area contributed by atoms with Crippen LogP contribution in [0.4, 0.5) is 0 Å². The summed E-state index contributed by atoms with van der Waals surface area (Å²) < 4.78 is 0. The third-order valence-electron chi connectivity index (χ3n) is 4.12. The number of amides is 1. The molecule has 1 aliphatic heterocycles. The van der Waals surface area contributed by atoms with E-state index in [0.717, 1.165) is 49.5 Å². The summed E-state index contributed by atoms with van der Waals surface area (Å²) in [6.07, 6.45) is 1.82. The molecule has 1 saturated heterocycles. The third kappa shape index (κ3) is 3.00. The van der Waals surface area contributed by atoms with Gasteiger partial charge in [-0.2, -0.15) is 0 Å². The predicted molar refractivity (Wildman–Crippen MR) is 84.2 cm³/mol. The lowest BCUT2D eigenvalue weighted by atomic mass is 10.1. The van der Waals surface area contributed by atoms with Gasteiger partial charge in [-0.25, -0.2) is 0 Å². The number of rotatable bonds is 3. The van der Waals surface area contributed by atoms with Crippen LogP contribution in [0.25, 0.3) is 11.3 Å². The Morgan fingerprint density at radius 3 is 2.52 bits per heavy atom. The van der Waals surface area contributed by atoms with Gasteiger partial charge in [-0.05, 0) is 18.2 Å². The van der Waals surface area contributed by atoms with E-state index in [1.165, 1.54) is 0 Å². The summed E-state index contributed by atoms with van der Waals surface area (Å²) in [7, 11) is 0. The average Bonchev–Trinajstić information content (AvgIpc) is 3.05. The number of hydrogen-bond acceptors (Lipinski definition) is 2. The maximum Gasteiger partial charge on any atom is 0.255 e. The number of likely N-dealkylation sites (N-methyl/N-ethyl adjacent to an activating group) is 1. The van der Waals surface area contributed by atoms with E-state index < -0.39 is 0 Å². The minimum Gasteiger partial charge on any atom is -0.360 e. The van der Waals surface area contributed by atoms with Crippen molar-refractivity contribution >= 4 is 5.91 Å². The second-order valence-corrected chi connectivity index (χ2v) is 5.39. The van der Waals surface area contributed by atoms with Crippen LogP contribution in [0.15, 0.2) is 42.6 Å². The van der Waals surface area contributed by atoms with E-state index in [-0.39, 0.29) is 5.91 Å². The summed E-state index contributed by atoms with van der Waals surface area (Å²) in [4.78, 5) is 20.1. The number of aromatic nitrogens is 1. The monoisotopic (exact) mass is 283 g/mol. The number of H-pyrrole nitrogens is 1. The van der Waals surface area contributed by atoms with Crippen LogP contribution in [-0.4, -0.2) is 53.4 Å². The number of aromatic amines is 1. The van der Waals surface area contributed by atoms with E-state index >= 15 is 0 Å². The molecule has 2 aromatic rings. The van der Waals surface area contributed by atoms with Crippen LogP contribution >= 0.6 is 0 Å². The molecule has 1 aromatic heterocycles. The zero-order chi connectivity index (χ0) is 14.7. The molecule has 4 heteroatoms. The minimum atomic E-state index is 0.129. The van der Waals surface area contributed by atoms with Gasteiger partial charge in [-0.15, -0.1) is 0 Å². The van der Waals surface area contributed by atoms with Gasteiger partial charge in [0.1, 0.15) is 0 Å². The van der Waals surface area contributed by atoms with E-state index in [2.05, 4.69) is 16.8 Å². The van der Waals surface area contributed by atoms with E-state index in [4.69, 9.17) is 0 Å². The number of hydrogen-bond donors (Lipinski definition) is 1. The van der Waals surface area contributed by atoms with Gasteiger partial charge in [0.05, 0.1) is 5.56 Å². The molecule has 0 radical (unpaired) electrons. The quantitative estimate of drug-likeness (QED) is 0.940. The first-order valence-corrected chi connectivity index (χ1v) is 7.53. The lowest BCUT2D eigenvalue weighted by Gasteiger charge is -2.33. The van der Waals surface area contributed by atoms with Crippen molar-refractivity contribution in [3.05, 3.63) is 48.2 Å². The first-order valence-electron chi connectivity index (χ1n) is 7.53. The van der Waals surface area contributed by atoms with Gasteiger partial charge < -0.3 is 14.8 Å². The van der Waals surface area contributed by atoms with E-state index in [1.807, 2.05) is 47.5 Å². The highest BCUT2D eigenvalue weighted by Crippen LogP contribution is 2.19. The molecule has 110 valence electrons. The first-order chi connectivity index (χ1) is 10.3. The van der Waals surface area contributed by atoms with Gasteiger partial charge in [-0.3, -0.25) is 4.79 Å². The standard InChI is InChI=1S/C17H21N3O/c1-2-19-8-10-20(11-9-19)17(21)15-12-16(18-13-15)14-6-4-3-5-7-14/h3-7,12-13,18H,2,8-11H2,1H3. The molecule has 4 nitrogen and oxygen atoms in total. The number of piperazine rings is 1. The Bertz CT molecular complexity index is 598. The molecule has 1 aliphatic rings. The smallest absolute Gasteiger partial charge is 0.255 e. The molecule has 1 fully saturated rings. The highest BCUT2D eigenvalue weighted by Gasteiger charge is 2.22. The van der Waals surface area contributed by atoms with Crippen LogP contribution in [0.2, 0.25) is 0 Å². The van der Waals surface area contributed by atoms with Crippen LogP contribution in [0.1, 0.15) is 17.3 Å². The molecule has 0 spiro atoms. The normalized spacial score (nSPS) is 16.1. The van der Waals surface area contributed by atoms with Crippen LogP contribution in [-0.2, 0) is 0 Å². The summed E-state index contributed by atoms with van der Waals surface area (Å²) in [5.41, 5.74) is 2.84. The highest BCUT2D eigenvalue weighted by atomic mass is 16.2. The lowest BCUT2D eigenvalue weighted by molar-refractivity contribution is 0.0643. The number of carbonyl (C=O) groups excluding carboxylic acids is 1. The Labute approximate surface area is 125 Å². The van der Waals surface area contributed by atoms with Gasteiger partial charge >= 0.3 is 0 Å². The predicted octanol–water partition coefficient (Wildman–Crippen LogP) is 2.46. The topological polar surface area (TPSA) is 39.3 Å². The summed E-state index contributed by atoms with van der Waals surface area (Å²) >= 11 is 0. The molecule has 0 unspecified atom stereocenters. The second kappa shape index (κ2) is 6.14. The maximum atomic E-state index is 12.5. The lowest BCUT2D eigenvalue weighted by Crippen LogP contribution is -2.48. The Hall–Kier alpha value is -2.07. The molecule has 1 N–H and O–H groups in total. The van der Waals surface area contributed by atoms with Crippen LogP contribution < -0.4 is 0 Å². The molecule has 0 saturated carbocycles. The van der Waals surface area contributed by atoms with Gasteiger partial charge in [0.25, 0.3) is 5.91 Å². The Morgan fingerprint density at radius 2 is 1.86 bits per heavy atom. The van der Waals surface area contributed by atoms with Crippen molar-refractivity contribution in [2.75, 3.05) is 32.7 Å². The van der Waals surface area contributed by atoms with E-state index in [0.29, 0.717) is 0 Å². The van der Waals surface area contributed by atoms with Gasteiger partial charge in [0.2, 0.25) is 0 Å². The van der Waals surface area contributed by atoms with Crippen LogP contribution in [0, 0.1) is 0 Å². The van der Waals surface area contributed by atoms with Gasteiger partial charge in [0.15, 0.2) is 0 Å². The second-order valence-electron chi connectivity index (χ2n) is 5.39. The van der Waals surface area contributed by atoms with Crippen molar-refractivity contribution in [1.82, 2.24) is 14.8 Å². The summed E-state index contributed by atoms with van der Waals surface area (Å²) in [5, 5.41) is 0. The third-order valence-corrected chi connectivity index (χ3v) is 4.12. The fraction of sp³-hybridized carbons (Fsp3) is 0.353. The molecule has 0 aliphatic carbocycles. The molecular weight excluding hydrogens is 262 g/mol. The van der Waals surface area contributed by atoms with Gasteiger partial charge in [-0.1, -0.05) is 37.3 Å². The van der Waals surface area contributed by atoms with Crippen LogP contribution in [0.5, 0.6) is 0 Å². The summed E-state index contributed by atoms with van der Waals surface area (Å²) in [6.45, 7) is 6.80. The number of carbonyl (C=O) groups is 1. The Balaban J connectivity index is 1.70. The van der Waals surface area contributed by atoms with Crippen molar-refractivity contribution < 1.29 is 4.79 Å². The van der Waals surface area contributed by atoms with Crippen LogP contribution in [0.3, 0.4) is 0 Å². The molecule has 1 amide bonds. The molecule has 0 atom stereocenters. The summed E-state index contributed by atoms with van der Waals surface area (Å²) in [6, 6.07) is 12.0. The first kappa shape index (κ1) is 13.9. The fourth-order valence-corrected chi connectivity index (χ4v) is 2.75. The van der Waals surface area contributed by atoms with Crippen molar-refractivity contribution in [3.63, 3.8) is 0 Å². The molecule has 2 heterocycles. The number of benzene rings is 1. The molecular formula is C17H21N3O. The van der Waals surface area contributed by atoms with Crippen molar-refractivity contribution in [2.24, 2.45) is 0 Å². The van der Waals surface area contributed by atoms with E-state index in [1.54, 1.807) is 0 Å². The van der Waals surface area contributed by atoms with Crippen molar-refractivity contribution in [3.8, 4) is 11.3 Å². The molecule has 21 heavy (non-hydrogen) atoms. The maximum absolute atomic E-state index is 12.5. The summed E-state index contributed by atoms with van der Waals surface area (Å²) in [5.74, 6) is 0.129. The zero-order valence-electron chi connectivity index (χ0n) is 12.4.